The Balaban J connectivity index is 1.92. The van der Waals surface area contributed by atoms with Crippen molar-refractivity contribution >= 4 is 5.91 Å². The molecule has 4 heteroatoms. The van der Waals surface area contributed by atoms with Gasteiger partial charge < -0.3 is 11.1 Å². The molecule has 21 heavy (non-hydrogen) atoms. The molecule has 0 aromatic heterocycles. The molecule has 0 radical (unpaired) electrons. The van der Waals surface area contributed by atoms with Gasteiger partial charge in [0, 0.05) is 6.54 Å². The number of carbonyl (C=O) groups is 1. The molecule has 0 aliphatic rings. The topological polar surface area (TPSA) is 55.1 Å². The number of carbonyl (C=O) groups excluding carboxylic acids is 1. The zero-order valence-electron chi connectivity index (χ0n) is 12.0. The van der Waals surface area contributed by atoms with Gasteiger partial charge in [-0.3, -0.25) is 4.79 Å². The molecular weight excluding hydrogens is 267 g/mol. The van der Waals surface area contributed by atoms with Crippen molar-refractivity contribution in [3.05, 3.63) is 71.0 Å². The molecule has 0 saturated heterocycles. The Bertz CT molecular complexity index is 593. The van der Waals surface area contributed by atoms with E-state index in [2.05, 4.69) is 5.32 Å². The minimum absolute atomic E-state index is 0.0627. The van der Waals surface area contributed by atoms with Crippen LogP contribution in [0.15, 0.2) is 48.5 Å². The Morgan fingerprint density at radius 1 is 1.10 bits per heavy atom. The molecule has 0 bridgehead atoms. The lowest BCUT2D eigenvalue weighted by atomic mass is 10.1. The first-order valence-electron chi connectivity index (χ1n) is 6.91. The maximum Gasteiger partial charge on any atom is 0.224 e. The van der Waals surface area contributed by atoms with Crippen LogP contribution in [0.5, 0.6) is 0 Å². The summed E-state index contributed by atoms with van der Waals surface area (Å²) in [6, 6.07) is 13.6. The van der Waals surface area contributed by atoms with Gasteiger partial charge in [-0.15, -0.1) is 0 Å². The van der Waals surface area contributed by atoms with E-state index >= 15 is 0 Å². The maximum absolute atomic E-state index is 12.9. The molecule has 0 heterocycles. The fraction of sp³-hybridized carbons (Fsp3) is 0.235. The Labute approximate surface area is 124 Å². The standard InChI is InChI=1S/C17H19FN2O/c1-12(15-6-8-16(18)9-7-15)20-17(21)10-13-2-4-14(11-19)5-3-13/h2-9,12H,10-11,19H2,1H3,(H,20,21). The van der Waals surface area contributed by atoms with Gasteiger partial charge in [0.25, 0.3) is 0 Å². The number of halogens is 1. The summed E-state index contributed by atoms with van der Waals surface area (Å²) >= 11 is 0. The van der Waals surface area contributed by atoms with Gasteiger partial charge >= 0.3 is 0 Å². The van der Waals surface area contributed by atoms with Gasteiger partial charge in [-0.1, -0.05) is 36.4 Å². The quantitative estimate of drug-likeness (QED) is 0.888. The van der Waals surface area contributed by atoms with Crippen LogP contribution in [0.2, 0.25) is 0 Å². The lowest BCUT2D eigenvalue weighted by Gasteiger charge is -2.14. The van der Waals surface area contributed by atoms with Crippen LogP contribution in [-0.2, 0) is 17.8 Å². The number of hydrogen-bond donors (Lipinski definition) is 2. The van der Waals surface area contributed by atoms with Gasteiger partial charge in [-0.25, -0.2) is 4.39 Å². The van der Waals surface area contributed by atoms with Crippen LogP contribution in [0.1, 0.15) is 29.7 Å². The Morgan fingerprint density at radius 2 is 1.67 bits per heavy atom. The summed E-state index contributed by atoms with van der Waals surface area (Å²) in [6.07, 6.45) is 0.316. The summed E-state index contributed by atoms with van der Waals surface area (Å²) in [5.74, 6) is -0.343. The zero-order chi connectivity index (χ0) is 15.2. The number of nitrogens with two attached hydrogens (primary N) is 1. The number of hydrogen-bond acceptors (Lipinski definition) is 2. The summed E-state index contributed by atoms with van der Waals surface area (Å²) in [7, 11) is 0. The van der Waals surface area contributed by atoms with E-state index in [4.69, 9.17) is 5.73 Å². The molecular formula is C17H19FN2O. The highest BCUT2D eigenvalue weighted by Crippen LogP contribution is 2.13. The second kappa shape index (κ2) is 6.99. The van der Waals surface area contributed by atoms with Crippen LogP contribution in [0.4, 0.5) is 4.39 Å². The molecule has 1 atom stereocenters. The van der Waals surface area contributed by atoms with E-state index in [0.717, 1.165) is 16.7 Å². The number of nitrogens with one attached hydrogen (secondary N) is 1. The molecule has 3 nitrogen and oxygen atoms in total. The van der Waals surface area contributed by atoms with Gasteiger partial charge in [-0.05, 0) is 35.7 Å². The van der Waals surface area contributed by atoms with Gasteiger partial charge in [0.2, 0.25) is 5.91 Å². The van der Waals surface area contributed by atoms with E-state index in [9.17, 15) is 9.18 Å². The van der Waals surface area contributed by atoms with Gasteiger partial charge in [0.15, 0.2) is 0 Å². The first kappa shape index (κ1) is 15.2. The van der Waals surface area contributed by atoms with Crippen LogP contribution >= 0.6 is 0 Å². The van der Waals surface area contributed by atoms with Crippen molar-refractivity contribution in [2.75, 3.05) is 0 Å². The predicted octanol–water partition coefficient (Wildman–Crippen LogP) is 2.70. The molecule has 1 unspecified atom stereocenters. The van der Waals surface area contributed by atoms with Crippen LogP contribution in [0.25, 0.3) is 0 Å². The van der Waals surface area contributed by atoms with Gasteiger partial charge in [-0.2, -0.15) is 0 Å². The average molecular weight is 286 g/mol. The lowest BCUT2D eigenvalue weighted by molar-refractivity contribution is -0.121. The first-order valence-corrected chi connectivity index (χ1v) is 6.91. The van der Waals surface area contributed by atoms with Crippen LogP contribution in [-0.4, -0.2) is 5.91 Å². The molecule has 3 N–H and O–H groups in total. The maximum atomic E-state index is 12.9. The van der Waals surface area contributed by atoms with E-state index in [1.54, 1.807) is 12.1 Å². The summed E-state index contributed by atoms with van der Waals surface area (Å²) < 4.78 is 12.9. The first-order chi connectivity index (χ1) is 10.1. The molecule has 110 valence electrons. The fourth-order valence-electron chi connectivity index (χ4n) is 2.11. The summed E-state index contributed by atoms with van der Waals surface area (Å²) in [6.45, 7) is 2.37. The van der Waals surface area contributed by atoms with Crippen molar-refractivity contribution in [1.29, 1.82) is 0 Å². The minimum Gasteiger partial charge on any atom is -0.349 e. The largest absolute Gasteiger partial charge is 0.349 e. The van der Waals surface area contributed by atoms with Crippen molar-refractivity contribution in [3.8, 4) is 0 Å². The highest BCUT2D eigenvalue weighted by atomic mass is 19.1. The smallest absolute Gasteiger partial charge is 0.224 e. The van der Waals surface area contributed by atoms with Crippen molar-refractivity contribution in [2.24, 2.45) is 5.73 Å². The number of amides is 1. The summed E-state index contributed by atoms with van der Waals surface area (Å²) in [5, 5.41) is 2.91. The Morgan fingerprint density at radius 3 is 2.24 bits per heavy atom. The second-order valence-electron chi connectivity index (χ2n) is 5.04. The third-order valence-electron chi connectivity index (χ3n) is 3.37. The molecule has 2 rings (SSSR count). The van der Waals surface area contributed by atoms with Crippen molar-refractivity contribution in [2.45, 2.75) is 25.9 Å². The fourth-order valence-corrected chi connectivity index (χ4v) is 2.11. The highest BCUT2D eigenvalue weighted by Gasteiger charge is 2.10. The molecule has 0 fully saturated rings. The van der Waals surface area contributed by atoms with E-state index in [0.29, 0.717) is 13.0 Å². The van der Waals surface area contributed by atoms with Crippen molar-refractivity contribution < 1.29 is 9.18 Å². The van der Waals surface area contributed by atoms with Crippen LogP contribution in [0, 0.1) is 5.82 Å². The summed E-state index contributed by atoms with van der Waals surface area (Å²) in [5.41, 5.74) is 8.40. The lowest BCUT2D eigenvalue weighted by Crippen LogP contribution is -2.28. The van der Waals surface area contributed by atoms with Crippen molar-refractivity contribution in [1.82, 2.24) is 5.32 Å². The molecule has 2 aromatic rings. The normalized spacial score (nSPS) is 12.0. The molecule has 0 spiro atoms. The average Bonchev–Trinajstić information content (AvgIpc) is 2.48. The monoisotopic (exact) mass is 286 g/mol. The Kier molecular flexibility index (Phi) is 5.06. The van der Waals surface area contributed by atoms with E-state index in [1.807, 2.05) is 31.2 Å². The zero-order valence-corrected chi connectivity index (χ0v) is 12.0. The third kappa shape index (κ3) is 4.39. The van der Waals surface area contributed by atoms with E-state index in [1.165, 1.54) is 12.1 Å². The second-order valence-corrected chi connectivity index (χ2v) is 5.04. The molecule has 0 aliphatic heterocycles. The SMILES string of the molecule is CC(NC(=O)Cc1ccc(CN)cc1)c1ccc(F)cc1. The molecule has 1 amide bonds. The van der Waals surface area contributed by atoms with E-state index < -0.39 is 0 Å². The third-order valence-corrected chi connectivity index (χ3v) is 3.37. The van der Waals surface area contributed by atoms with Gasteiger partial charge in [0.05, 0.1) is 12.5 Å². The van der Waals surface area contributed by atoms with Crippen molar-refractivity contribution in [3.63, 3.8) is 0 Å². The predicted molar refractivity (Wildman–Crippen MR) is 81.0 cm³/mol. The molecule has 0 saturated carbocycles. The van der Waals surface area contributed by atoms with E-state index in [-0.39, 0.29) is 17.8 Å². The summed E-state index contributed by atoms with van der Waals surface area (Å²) in [4.78, 5) is 12.0. The molecule has 0 aliphatic carbocycles. The highest BCUT2D eigenvalue weighted by molar-refractivity contribution is 5.79. The number of rotatable bonds is 5. The number of benzene rings is 2. The minimum atomic E-state index is -0.280. The molecule has 2 aromatic carbocycles. The van der Waals surface area contributed by atoms with Crippen LogP contribution in [0.3, 0.4) is 0 Å². The Hall–Kier alpha value is -2.20. The van der Waals surface area contributed by atoms with Crippen LogP contribution < -0.4 is 11.1 Å². The van der Waals surface area contributed by atoms with Gasteiger partial charge in [0.1, 0.15) is 5.82 Å².